The van der Waals surface area contributed by atoms with Crippen LogP contribution in [0, 0.1) is 0 Å². The molecule has 0 aromatic carbocycles. The lowest BCUT2D eigenvalue weighted by molar-refractivity contribution is 0.768. The van der Waals surface area contributed by atoms with Gasteiger partial charge in [0.05, 0.1) is 0 Å². The Labute approximate surface area is 69.0 Å². The van der Waals surface area contributed by atoms with E-state index in [2.05, 4.69) is 19.6 Å². The molecular formula is C10H17N. The molecule has 0 fully saturated rings. The molecule has 2 N–H and O–H groups in total. The Morgan fingerprint density at radius 2 is 2.55 bits per heavy atom. The van der Waals surface area contributed by atoms with Crippen molar-refractivity contribution in [1.29, 1.82) is 0 Å². The quantitative estimate of drug-likeness (QED) is 0.616. The Morgan fingerprint density at radius 3 is 3.00 bits per heavy atom. The first kappa shape index (κ1) is 8.54. The minimum Gasteiger partial charge on any atom is -0.324 e. The van der Waals surface area contributed by atoms with Crippen LogP contribution in [-0.4, -0.2) is 6.04 Å². The normalized spacial score (nSPS) is 23.5. The van der Waals surface area contributed by atoms with Crippen LogP contribution in [0.2, 0.25) is 0 Å². The van der Waals surface area contributed by atoms with Gasteiger partial charge in [0.1, 0.15) is 0 Å². The second-order valence-corrected chi connectivity index (χ2v) is 3.31. The third-order valence-electron chi connectivity index (χ3n) is 2.23. The first-order chi connectivity index (χ1) is 5.22. The van der Waals surface area contributed by atoms with Gasteiger partial charge in [-0.2, -0.15) is 0 Å². The van der Waals surface area contributed by atoms with E-state index in [0.29, 0.717) is 6.04 Å². The Hall–Kier alpha value is -0.560. The molecule has 0 saturated heterocycles. The standard InChI is InChI=1S/C10H17N/c1-3-8(2)6-9-4-5-10(11)7-9/h7,10H,2-6,11H2,1H3. The summed E-state index contributed by atoms with van der Waals surface area (Å²) in [7, 11) is 0. The summed E-state index contributed by atoms with van der Waals surface area (Å²) in [5, 5.41) is 0. The van der Waals surface area contributed by atoms with Crippen LogP contribution in [0.15, 0.2) is 23.8 Å². The molecule has 0 aliphatic heterocycles. The van der Waals surface area contributed by atoms with Crippen molar-refractivity contribution in [1.82, 2.24) is 0 Å². The average molecular weight is 151 g/mol. The van der Waals surface area contributed by atoms with Gasteiger partial charge in [-0.25, -0.2) is 0 Å². The van der Waals surface area contributed by atoms with Crippen molar-refractivity contribution in [2.45, 2.75) is 38.6 Å². The second-order valence-electron chi connectivity index (χ2n) is 3.31. The summed E-state index contributed by atoms with van der Waals surface area (Å²) in [5.41, 5.74) is 8.55. The van der Waals surface area contributed by atoms with Gasteiger partial charge < -0.3 is 5.73 Å². The summed E-state index contributed by atoms with van der Waals surface area (Å²) in [6.07, 6.45) is 6.67. The van der Waals surface area contributed by atoms with E-state index in [4.69, 9.17) is 5.73 Å². The first-order valence-corrected chi connectivity index (χ1v) is 4.34. The fourth-order valence-corrected chi connectivity index (χ4v) is 1.41. The van der Waals surface area contributed by atoms with Gasteiger partial charge in [0.25, 0.3) is 0 Å². The van der Waals surface area contributed by atoms with Gasteiger partial charge in [-0.15, -0.1) is 0 Å². The molecule has 1 aliphatic rings. The second kappa shape index (κ2) is 3.72. The van der Waals surface area contributed by atoms with E-state index in [-0.39, 0.29) is 0 Å². The fraction of sp³-hybridized carbons (Fsp3) is 0.600. The number of nitrogens with two attached hydrogens (primary N) is 1. The number of hydrogen-bond acceptors (Lipinski definition) is 1. The van der Waals surface area contributed by atoms with Crippen molar-refractivity contribution < 1.29 is 0 Å². The molecule has 1 atom stereocenters. The van der Waals surface area contributed by atoms with Crippen LogP contribution in [0.3, 0.4) is 0 Å². The summed E-state index contributed by atoms with van der Waals surface area (Å²) in [6, 6.07) is 0.314. The third kappa shape index (κ3) is 2.51. The van der Waals surface area contributed by atoms with Crippen LogP contribution in [0.1, 0.15) is 32.6 Å². The highest BCUT2D eigenvalue weighted by Crippen LogP contribution is 2.23. The maximum atomic E-state index is 5.74. The van der Waals surface area contributed by atoms with Crippen molar-refractivity contribution in [2.75, 3.05) is 0 Å². The molecule has 1 heteroatoms. The molecule has 1 rings (SSSR count). The van der Waals surface area contributed by atoms with Crippen LogP contribution in [0.4, 0.5) is 0 Å². The molecule has 0 radical (unpaired) electrons. The highest BCUT2D eigenvalue weighted by atomic mass is 14.6. The Balaban J connectivity index is 2.38. The van der Waals surface area contributed by atoms with E-state index < -0.39 is 0 Å². The molecule has 0 aromatic rings. The zero-order valence-corrected chi connectivity index (χ0v) is 7.27. The topological polar surface area (TPSA) is 26.0 Å². The molecular weight excluding hydrogens is 134 g/mol. The highest BCUT2D eigenvalue weighted by molar-refractivity contribution is 5.19. The van der Waals surface area contributed by atoms with Gasteiger partial charge in [-0.3, -0.25) is 0 Å². The molecule has 0 bridgehead atoms. The van der Waals surface area contributed by atoms with Gasteiger partial charge in [-0.1, -0.05) is 30.7 Å². The molecule has 1 aliphatic carbocycles. The van der Waals surface area contributed by atoms with Gasteiger partial charge in [0.15, 0.2) is 0 Å². The van der Waals surface area contributed by atoms with Crippen molar-refractivity contribution in [3.8, 4) is 0 Å². The van der Waals surface area contributed by atoms with E-state index in [1.54, 1.807) is 0 Å². The molecule has 1 nitrogen and oxygen atoms in total. The molecule has 0 spiro atoms. The van der Waals surface area contributed by atoms with Crippen LogP contribution < -0.4 is 5.73 Å². The average Bonchev–Trinajstić information content (AvgIpc) is 2.35. The van der Waals surface area contributed by atoms with E-state index in [1.807, 2.05) is 0 Å². The molecule has 0 aromatic heterocycles. The van der Waals surface area contributed by atoms with Gasteiger partial charge in [0.2, 0.25) is 0 Å². The molecule has 0 amide bonds. The molecule has 11 heavy (non-hydrogen) atoms. The van der Waals surface area contributed by atoms with Gasteiger partial charge in [-0.05, 0) is 25.7 Å². The van der Waals surface area contributed by atoms with E-state index >= 15 is 0 Å². The minimum absolute atomic E-state index is 0.314. The van der Waals surface area contributed by atoms with Crippen molar-refractivity contribution in [2.24, 2.45) is 5.73 Å². The van der Waals surface area contributed by atoms with Crippen molar-refractivity contribution in [3.63, 3.8) is 0 Å². The maximum Gasteiger partial charge on any atom is 0.0229 e. The number of rotatable bonds is 3. The summed E-state index contributed by atoms with van der Waals surface area (Å²) in [4.78, 5) is 0. The highest BCUT2D eigenvalue weighted by Gasteiger charge is 2.11. The minimum atomic E-state index is 0.314. The SMILES string of the molecule is C=C(CC)CC1=CC(N)CC1. The fourth-order valence-electron chi connectivity index (χ4n) is 1.41. The lowest BCUT2D eigenvalue weighted by Crippen LogP contribution is -2.11. The van der Waals surface area contributed by atoms with Crippen molar-refractivity contribution >= 4 is 0 Å². The molecule has 0 saturated carbocycles. The third-order valence-corrected chi connectivity index (χ3v) is 2.23. The van der Waals surface area contributed by atoms with Crippen LogP contribution in [0.5, 0.6) is 0 Å². The number of allylic oxidation sites excluding steroid dienone is 2. The lowest BCUT2D eigenvalue weighted by Gasteiger charge is -2.01. The lowest BCUT2D eigenvalue weighted by atomic mass is 10.0. The number of hydrogen-bond donors (Lipinski definition) is 1. The maximum absolute atomic E-state index is 5.74. The smallest absolute Gasteiger partial charge is 0.0229 e. The summed E-state index contributed by atoms with van der Waals surface area (Å²) in [6.45, 7) is 6.13. The monoisotopic (exact) mass is 151 g/mol. The van der Waals surface area contributed by atoms with Gasteiger partial charge >= 0.3 is 0 Å². The predicted octanol–water partition coefficient (Wildman–Crippen LogP) is 2.39. The van der Waals surface area contributed by atoms with Crippen molar-refractivity contribution in [3.05, 3.63) is 23.8 Å². The summed E-state index contributed by atoms with van der Waals surface area (Å²) in [5.74, 6) is 0. The Bertz CT molecular complexity index is 179. The Kier molecular flexibility index (Phi) is 2.89. The van der Waals surface area contributed by atoms with E-state index in [9.17, 15) is 0 Å². The largest absolute Gasteiger partial charge is 0.324 e. The predicted molar refractivity (Wildman–Crippen MR) is 49.3 cm³/mol. The molecule has 62 valence electrons. The van der Waals surface area contributed by atoms with E-state index in [0.717, 1.165) is 19.3 Å². The van der Waals surface area contributed by atoms with Crippen LogP contribution in [-0.2, 0) is 0 Å². The molecule has 0 heterocycles. The molecule has 1 unspecified atom stereocenters. The summed E-state index contributed by atoms with van der Waals surface area (Å²) >= 11 is 0. The van der Waals surface area contributed by atoms with E-state index in [1.165, 1.54) is 17.6 Å². The Morgan fingerprint density at radius 1 is 1.82 bits per heavy atom. The van der Waals surface area contributed by atoms with Gasteiger partial charge in [0, 0.05) is 6.04 Å². The zero-order chi connectivity index (χ0) is 8.27. The van der Waals surface area contributed by atoms with Crippen LogP contribution >= 0.6 is 0 Å². The zero-order valence-electron chi connectivity index (χ0n) is 7.27. The summed E-state index contributed by atoms with van der Waals surface area (Å²) < 4.78 is 0. The van der Waals surface area contributed by atoms with Crippen LogP contribution in [0.25, 0.3) is 0 Å². The first-order valence-electron chi connectivity index (χ1n) is 4.34.